The van der Waals surface area contributed by atoms with Gasteiger partial charge in [-0.15, -0.1) is 0 Å². The van der Waals surface area contributed by atoms with E-state index in [2.05, 4.69) is 20.7 Å². The number of nitrogens with one attached hydrogen (secondary N) is 2. The highest BCUT2D eigenvalue weighted by Crippen LogP contribution is 2.34. The van der Waals surface area contributed by atoms with Gasteiger partial charge in [-0.25, -0.2) is 0 Å². The van der Waals surface area contributed by atoms with Gasteiger partial charge >= 0.3 is 0 Å². The van der Waals surface area contributed by atoms with Crippen LogP contribution in [0.15, 0.2) is 59.3 Å². The molecule has 1 unspecified atom stereocenters. The van der Waals surface area contributed by atoms with E-state index in [-0.39, 0.29) is 18.2 Å². The Labute approximate surface area is 177 Å². The van der Waals surface area contributed by atoms with E-state index in [0.717, 1.165) is 16.5 Å². The van der Waals surface area contributed by atoms with Crippen LogP contribution in [0, 0.1) is 0 Å². The number of carbonyl (C=O) groups excluding carboxylic acids is 2. The summed E-state index contributed by atoms with van der Waals surface area (Å²) in [5, 5.41) is 14.3. The topological polar surface area (TPSA) is 113 Å². The minimum Gasteiger partial charge on any atom is -0.489 e. The lowest BCUT2D eigenvalue weighted by molar-refractivity contribution is -0.120. The highest BCUT2D eigenvalue weighted by molar-refractivity contribution is 6.04. The molecule has 0 radical (unpaired) electrons. The van der Waals surface area contributed by atoms with Crippen molar-refractivity contribution in [2.75, 3.05) is 18.6 Å². The Morgan fingerprint density at radius 2 is 2.10 bits per heavy atom. The van der Waals surface area contributed by atoms with Gasteiger partial charge in [0.25, 0.3) is 11.8 Å². The number of benzene rings is 2. The minimum atomic E-state index is -0.865. The number of likely N-dealkylation sites (N-methyl/N-ethyl adjacent to an activating group) is 1. The maximum atomic E-state index is 13.0. The van der Waals surface area contributed by atoms with Crippen LogP contribution in [0.5, 0.6) is 5.75 Å². The summed E-state index contributed by atoms with van der Waals surface area (Å²) in [5.74, 6) is 0.313. The van der Waals surface area contributed by atoms with Crippen molar-refractivity contribution in [3.8, 4) is 5.75 Å². The molecule has 2 N–H and O–H groups in total. The second-order valence-corrected chi connectivity index (χ2v) is 7.35. The summed E-state index contributed by atoms with van der Waals surface area (Å²) >= 11 is 0. The van der Waals surface area contributed by atoms with Crippen molar-refractivity contribution in [3.63, 3.8) is 0 Å². The van der Waals surface area contributed by atoms with Gasteiger partial charge in [-0.2, -0.15) is 5.10 Å². The van der Waals surface area contributed by atoms with E-state index < -0.39 is 11.9 Å². The largest absolute Gasteiger partial charge is 0.489 e. The molecule has 0 bridgehead atoms. The van der Waals surface area contributed by atoms with Crippen LogP contribution in [0.2, 0.25) is 0 Å². The molecule has 1 aliphatic rings. The highest BCUT2D eigenvalue weighted by atomic mass is 16.5. The highest BCUT2D eigenvalue weighted by Gasteiger charge is 2.31. The van der Waals surface area contributed by atoms with E-state index in [9.17, 15) is 9.59 Å². The lowest BCUT2D eigenvalue weighted by Crippen LogP contribution is -2.49. The van der Waals surface area contributed by atoms with Crippen LogP contribution in [-0.4, -0.2) is 46.9 Å². The number of carbonyl (C=O) groups is 2. The molecule has 156 valence electrons. The number of hydrogen-bond donors (Lipinski definition) is 2. The zero-order chi connectivity index (χ0) is 21.4. The Balaban J connectivity index is 1.31. The predicted molar refractivity (Wildman–Crippen MR) is 112 cm³/mol. The van der Waals surface area contributed by atoms with Gasteiger partial charge in [0.1, 0.15) is 24.2 Å². The van der Waals surface area contributed by atoms with Crippen LogP contribution in [0.4, 0.5) is 5.69 Å². The fourth-order valence-electron chi connectivity index (χ4n) is 3.57. The molecule has 3 heterocycles. The van der Waals surface area contributed by atoms with Gasteiger partial charge < -0.3 is 19.5 Å². The Morgan fingerprint density at radius 3 is 2.94 bits per heavy atom. The van der Waals surface area contributed by atoms with Crippen LogP contribution < -0.4 is 15.0 Å². The summed E-state index contributed by atoms with van der Waals surface area (Å²) in [6.45, 7) is -0.00369. The lowest BCUT2D eigenvalue weighted by atomic mass is 10.1. The molecule has 31 heavy (non-hydrogen) atoms. The molecular weight excluding hydrogens is 398 g/mol. The van der Waals surface area contributed by atoms with E-state index in [4.69, 9.17) is 9.26 Å². The Morgan fingerprint density at radius 1 is 1.26 bits per heavy atom. The van der Waals surface area contributed by atoms with Crippen LogP contribution in [0.3, 0.4) is 0 Å². The summed E-state index contributed by atoms with van der Waals surface area (Å²) in [6, 6.07) is 14.1. The molecule has 5 rings (SSSR count). The van der Waals surface area contributed by atoms with Crippen molar-refractivity contribution in [1.82, 2.24) is 20.7 Å². The van der Waals surface area contributed by atoms with Crippen molar-refractivity contribution >= 4 is 28.4 Å². The normalized spacial score (nSPS) is 16.0. The van der Waals surface area contributed by atoms with Gasteiger partial charge in [0, 0.05) is 31.0 Å². The number of ether oxygens (including phenoxy) is 1. The molecule has 2 amide bonds. The second-order valence-electron chi connectivity index (χ2n) is 7.35. The van der Waals surface area contributed by atoms with E-state index in [1.807, 2.05) is 36.4 Å². The maximum Gasteiger partial charge on any atom is 0.274 e. The van der Waals surface area contributed by atoms with Crippen LogP contribution in [0.1, 0.15) is 21.8 Å². The summed E-state index contributed by atoms with van der Waals surface area (Å²) < 4.78 is 11.1. The first-order valence-corrected chi connectivity index (χ1v) is 9.76. The zero-order valence-electron chi connectivity index (χ0n) is 16.7. The number of nitrogens with zero attached hydrogens (tertiary/aromatic N) is 3. The van der Waals surface area contributed by atoms with Gasteiger partial charge in [0.15, 0.2) is 5.69 Å². The number of fused-ring (bicyclic) bond motifs is 2. The van der Waals surface area contributed by atoms with Gasteiger partial charge in [-0.3, -0.25) is 14.7 Å². The van der Waals surface area contributed by atoms with Gasteiger partial charge in [0.2, 0.25) is 0 Å². The number of rotatable bonds is 4. The molecule has 9 nitrogen and oxygen atoms in total. The average molecular weight is 417 g/mol. The third kappa shape index (κ3) is 3.61. The van der Waals surface area contributed by atoms with Crippen molar-refractivity contribution in [2.45, 2.75) is 12.5 Å². The number of H-pyrrole nitrogens is 1. The maximum absolute atomic E-state index is 13.0. The first-order chi connectivity index (χ1) is 15.1. The number of aromatic nitrogens is 3. The number of amides is 2. The van der Waals surface area contributed by atoms with Crippen molar-refractivity contribution < 1.29 is 18.8 Å². The van der Waals surface area contributed by atoms with Gasteiger partial charge in [0.05, 0.1) is 17.4 Å². The molecule has 1 aliphatic heterocycles. The van der Waals surface area contributed by atoms with Crippen LogP contribution >= 0.6 is 0 Å². The number of aromatic amines is 1. The van der Waals surface area contributed by atoms with Crippen LogP contribution in [0.25, 0.3) is 10.9 Å². The molecule has 4 aromatic rings. The summed E-state index contributed by atoms with van der Waals surface area (Å²) in [5.41, 5.74) is 2.57. The standard InChI is InChI=1S/C22H19N5O4/c1-27-19-8-14-11-23-25-16(14)10-20(19)30-12-18(22(27)29)24-21(28)17-9-15(31-26-17)7-13-5-3-2-4-6-13/h2-6,8-11,18H,7,12H2,1H3,(H,23,25)(H,24,28). The molecule has 0 aliphatic carbocycles. The Bertz CT molecular complexity index is 1260. The summed E-state index contributed by atoms with van der Waals surface area (Å²) in [4.78, 5) is 27.1. The Kier molecular flexibility index (Phi) is 4.62. The molecule has 2 aromatic heterocycles. The fourth-order valence-corrected chi connectivity index (χ4v) is 3.57. The summed E-state index contributed by atoms with van der Waals surface area (Å²) in [6.07, 6.45) is 2.20. The molecule has 0 saturated carbocycles. The Hall–Kier alpha value is -4.14. The van der Waals surface area contributed by atoms with Crippen molar-refractivity contribution in [1.29, 1.82) is 0 Å². The predicted octanol–water partition coefficient (Wildman–Crippen LogP) is 2.30. The fraction of sp³-hybridized carbons (Fsp3) is 0.182. The van der Waals surface area contributed by atoms with Crippen molar-refractivity contribution in [3.05, 3.63) is 71.7 Å². The number of hydrogen-bond acceptors (Lipinski definition) is 6. The third-order valence-corrected chi connectivity index (χ3v) is 5.23. The van der Waals surface area contributed by atoms with E-state index >= 15 is 0 Å². The van der Waals surface area contributed by atoms with E-state index in [1.165, 1.54) is 4.90 Å². The smallest absolute Gasteiger partial charge is 0.274 e. The quantitative estimate of drug-likeness (QED) is 0.527. The van der Waals surface area contributed by atoms with E-state index in [1.54, 1.807) is 25.4 Å². The summed E-state index contributed by atoms with van der Waals surface area (Å²) in [7, 11) is 1.65. The molecular formula is C22H19N5O4. The SMILES string of the molecule is CN1C(=O)C(NC(=O)c2cc(Cc3ccccc3)on2)COc2cc3[nH]ncc3cc21. The lowest BCUT2D eigenvalue weighted by Gasteiger charge is -2.20. The van der Waals surface area contributed by atoms with Gasteiger partial charge in [-0.1, -0.05) is 35.5 Å². The molecule has 9 heteroatoms. The third-order valence-electron chi connectivity index (χ3n) is 5.23. The van der Waals surface area contributed by atoms with Crippen LogP contribution in [-0.2, 0) is 11.2 Å². The average Bonchev–Trinajstić information content (AvgIpc) is 3.42. The molecule has 2 aromatic carbocycles. The van der Waals surface area contributed by atoms with Gasteiger partial charge in [-0.05, 0) is 11.6 Å². The molecule has 0 saturated heterocycles. The zero-order valence-corrected chi connectivity index (χ0v) is 16.7. The first kappa shape index (κ1) is 18.9. The second kappa shape index (κ2) is 7.60. The minimum absolute atomic E-state index is 0.00369. The first-order valence-electron chi connectivity index (χ1n) is 9.76. The van der Waals surface area contributed by atoms with Crippen molar-refractivity contribution in [2.24, 2.45) is 0 Å². The molecule has 0 fully saturated rings. The molecule has 0 spiro atoms. The number of anilines is 1. The monoisotopic (exact) mass is 417 g/mol. The molecule has 1 atom stereocenters. The van der Waals surface area contributed by atoms with E-state index in [0.29, 0.717) is 23.6 Å².